The van der Waals surface area contributed by atoms with Crippen LogP contribution in [0.4, 0.5) is 11.9 Å². The van der Waals surface area contributed by atoms with Crippen LogP contribution in [0.2, 0.25) is 5.28 Å². The molecule has 0 bridgehead atoms. The number of likely N-dealkylation sites (N-methyl/N-ethyl adjacent to an activating group) is 1. The molecule has 0 saturated carbocycles. The summed E-state index contributed by atoms with van der Waals surface area (Å²) >= 11 is 5.99. The largest absolute Gasteiger partial charge is 0.394 e. The Morgan fingerprint density at radius 2 is 1.89 bits per heavy atom. The highest BCUT2D eigenvalue weighted by Crippen LogP contribution is 2.23. The summed E-state index contributed by atoms with van der Waals surface area (Å²) in [5.74, 6) is 1.11. The molecule has 2 heterocycles. The van der Waals surface area contributed by atoms with E-state index in [4.69, 9.17) is 11.6 Å². The third-order valence-corrected chi connectivity index (χ3v) is 3.74. The highest BCUT2D eigenvalue weighted by molar-refractivity contribution is 6.28. The van der Waals surface area contributed by atoms with E-state index in [0.717, 1.165) is 25.9 Å². The van der Waals surface area contributed by atoms with Crippen molar-refractivity contribution in [2.45, 2.75) is 32.2 Å². The van der Waals surface area contributed by atoms with Crippen LogP contribution in [0.25, 0.3) is 0 Å². The van der Waals surface area contributed by atoms with E-state index >= 15 is 0 Å². The van der Waals surface area contributed by atoms with Gasteiger partial charge in [-0.25, -0.2) is 0 Å². The summed E-state index contributed by atoms with van der Waals surface area (Å²) in [5, 5.41) is 9.61. The number of aliphatic hydroxyl groups excluding tert-OH is 1. The Kier molecular flexibility index (Phi) is 4.10. The Bertz CT molecular complexity index is 448. The van der Waals surface area contributed by atoms with Crippen molar-refractivity contribution < 1.29 is 5.11 Å². The molecule has 1 aromatic rings. The molecule has 1 saturated heterocycles. The van der Waals surface area contributed by atoms with Crippen molar-refractivity contribution in [2.24, 2.45) is 0 Å². The lowest BCUT2D eigenvalue weighted by Crippen LogP contribution is -2.45. The van der Waals surface area contributed by atoms with Crippen molar-refractivity contribution in [3.05, 3.63) is 5.28 Å². The highest BCUT2D eigenvalue weighted by Gasteiger charge is 2.26. The number of aliphatic hydroxyl groups is 1. The number of hydrogen-bond donors (Lipinski definition) is 1. The third-order valence-electron chi connectivity index (χ3n) is 3.57. The zero-order valence-electron chi connectivity index (χ0n) is 11.6. The number of anilines is 2. The van der Waals surface area contributed by atoms with E-state index in [2.05, 4.69) is 19.9 Å². The van der Waals surface area contributed by atoms with Gasteiger partial charge in [-0.2, -0.15) is 15.0 Å². The van der Waals surface area contributed by atoms with Crippen molar-refractivity contribution in [1.29, 1.82) is 0 Å². The maximum absolute atomic E-state index is 9.42. The minimum absolute atomic E-state index is 0.00580. The van der Waals surface area contributed by atoms with Crippen LogP contribution in [-0.4, -0.2) is 52.3 Å². The normalized spacial score (nSPS) is 15.9. The van der Waals surface area contributed by atoms with Crippen molar-refractivity contribution in [3.63, 3.8) is 0 Å². The van der Waals surface area contributed by atoms with E-state index in [1.54, 1.807) is 0 Å². The van der Waals surface area contributed by atoms with Gasteiger partial charge < -0.3 is 14.9 Å². The van der Waals surface area contributed by atoms with E-state index < -0.39 is 5.54 Å². The Balaban J connectivity index is 2.30. The predicted octanol–water partition coefficient (Wildman–Crippen LogP) is 1.33. The van der Waals surface area contributed by atoms with Crippen LogP contribution in [-0.2, 0) is 0 Å². The summed E-state index contributed by atoms with van der Waals surface area (Å²) < 4.78 is 0. The van der Waals surface area contributed by atoms with Crippen molar-refractivity contribution in [2.75, 3.05) is 36.5 Å². The summed E-state index contributed by atoms with van der Waals surface area (Å²) in [6.07, 6.45) is 2.30. The fourth-order valence-electron chi connectivity index (χ4n) is 1.91. The van der Waals surface area contributed by atoms with E-state index in [1.165, 1.54) is 0 Å². The van der Waals surface area contributed by atoms with E-state index in [9.17, 15) is 5.11 Å². The van der Waals surface area contributed by atoms with Crippen LogP contribution in [0, 0.1) is 0 Å². The van der Waals surface area contributed by atoms with Gasteiger partial charge in [-0.3, -0.25) is 0 Å². The molecule has 2 rings (SSSR count). The smallest absolute Gasteiger partial charge is 0.231 e. The van der Waals surface area contributed by atoms with Crippen LogP contribution in [0.15, 0.2) is 0 Å². The van der Waals surface area contributed by atoms with Gasteiger partial charge in [-0.15, -0.1) is 0 Å². The topological polar surface area (TPSA) is 65.4 Å². The molecule has 1 aliphatic heterocycles. The van der Waals surface area contributed by atoms with Crippen molar-refractivity contribution in [1.82, 2.24) is 15.0 Å². The quantitative estimate of drug-likeness (QED) is 0.900. The first-order valence-corrected chi connectivity index (χ1v) is 6.83. The van der Waals surface area contributed by atoms with Crippen LogP contribution in [0.1, 0.15) is 26.7 Å². The van der Waals surface area contributed by atoms with Crippen LogP contribution < -0.4 is 9.80 Å². The molecule has 1 aliphatic rings. The fourth-order valence-corrected chi connectivity index (χ4v) is 2.07. The van der Waals surface area contributed by atoms with E-state index in [0.29, 0.717) is 11.9 Å². The van der Waals surface area contributed by atoms with Gasteiger partial charge in [0.15, 0.2) is 0 Å². The zero-order valence-corrected chi connectivity index (χ0v) is 12.4. The monoisotopic (exact) mass is 285 g/mol. The Morgan fingerprint density at radius 1 is 1.26 bits per heavy atom. The lowest BCUT2D eigenvalue weighted by Gasteiger charge is -2.34. The van der Waals surface area contributed by atoms with Crippen LogP contribution in [0.3, 0.4) is 0 Å². The number of rotatable bonds is 4. The van der Waals surface area contributed by atoms with Gasteiger partial charge in [0, 0.05) is 20.1 Å². The van der Waals surface area contributed by atoms with Crippen molar-refractivity contribution >= 4 is 23.5 Å². The first-order chi connectivity index (χ1) is 8.94. The molecular formula is C12H20ClN5O. The average molecular weight is 286 g/mol. The summed E-state index contributed by atoms with van der Waals surface area (Å²) in [4.78, 5) is 16.7. The Labute approximate surface area is 118 Å². The zero-order chi connectivity index (χ0) is 14.0. The van der Waals surface area contributed by atoms with Crippen molar-refractivity contribution in [3.8, 4) is 0 Å². The highest BCUT2D eigenvalue weighted by atomic mass is 35.5. The van der Waals surface area contributed by atoms with Gasteiger partial charge in [-0.1, -0.05) is 0 Å². The number of hydrogen-bond acceptors (Lipinski definition) is 6. The molecule has 6 nitrogen and oxygen atoms in total. The number of aromatic nitrogens is 3. The molecule has 0 aliphatic carbocycles. The van der Waals surface area contributed by atoms with Gasteiger partial charge >= 0.3 is 0 Å². The van der Waals surface area contributed by atoms with Crippen LogP contribution >= 0.6 is 11.6 Å². The second-order valence-electron chi connectivity index (χ2n) is 5.43. The summed E-state index contributed by atoms with van der Waals surface area (Å²) in [6.45, 7) is 5.74. The Hall–Kier alpha value is -1.14. The Morgan fingerprint density at radius 3 is 2.47 bits per heavy atom. The van der Waals surface area contributed by atoms with E-state index in [1.807, 2.05) is 25.8 Å². The predicted molar refractivity (Wildman–Crippen MR) is 75.9 cm³/mol. The van der Waals surface area contributed by atoms with Gasteiger partial charge in [0.2, 0.25) is 17.2 Å². The lowest BCUT2D eigenvalue weighted by molar-refractivity contribution is 0.215. The molecule has 1 N–H and O–H groups in total. The maximum atomic E-state index is 9.42. The molecule has 0 radical (unpaired) electrons. The summed E-state index contributed by atoms with van der Waals surface area (Å²) in [7, 11) is 1.84. The molecule has 1 aromatic heterocycles. The molecule has 106 valence electrons. The van der Waals surface area contributed by atoms with E-state index in [-0.39, 0.29) is 11.9 Å². The lowest BCUT2D eigenvalue weighted by atomic mass is 10.1. The minimum atomic E-state index is -0.451. The summed E-state index contributed by atoms with van der Waals surface area (Å²) in [5.41, 5.74) is -0.451. The fraction of sp³-hybridized carbons (Fsp3) is 0.750. The second kappa shape index (κ2) is 5.46. The molecular weight excluding hydrogens is 266 g/mol. The average Bonchev–Trinajstić information content (AvgIpc) is 2.91. The molecule has 19 heavy (non-hydrogen) atoms. The molecule has 1 fully saturated rings. The first-order valence-electron chi connectivity index (χ1n) is 6.45. The molecule has 7 heteroatoms. The van der Waals surface area contributed by atoms with Gasteiger partial charge in [-0.05, 0) is 38.3 Å². The molecule has 0 amide bonds. The first kappa shape index (κ1) is 14.3. The van der Waals surface area contributed by atoms with Gasteiger partial charge in [0.05, 0.1) is 12.1 Å². The van der Waals surface area contributed by atoms with Gasteiger partial charge in [0.25, 0.3) is 0 Å². The molecule has 0 spiro atoms. The number of halogens is 1. The minimum Gasteiger partial charge on any atom is -0.394 e. The SMILES string of the molecule is CN(c1nc(Cl)nc(N2CCCC2)n1)C(C)(C)CO. The maximum Gasteiger partial charge on any atom is 0.231 e. The van der Waals surface area contributed by atoms with Gasteiger partial charge in [0.1, 0.15) is 0 Å². The molecule has 0 atom stereocenters. The number of nitrogens with zero attached hydrogens (tertiary/aromatic N) is 5. The van der Waals surface area contributed by atoms with Crippen LogP contribution in [0.5, 0.6) is 0 Å². The molecule has 0 unspecified atom stereocenters. The second-order valence-corrected chi connectivity index (χ2v) is 5.77. The molecule has 0 aromatic carbocycles. The third kappa shape index (κ3) is 3.06. The standard InChI is InChI=1S/C12H20ClN5O/c1-12(2,8-19)17(3)10-14-9(13)15-11(16-10)18-6-4-5-7-18/h19H,4-8H2,1-3H3. The summed E-state index contributed by atoms with van der Waals surface area (Å²) in [6, 6.07) is 0.